The number of pyridine rings is 2. The number of hydrogen-bond donors (Lipinski definition) is 1. The van der Waals surface area contributed by atoms with Crippen LogP contribution >= 0.6 is 11.3 Å². The molecule has 0 spiro atoms. The molecule has 7 heteroatoms. The summed E-state index contributed by atoms with van der Waals surface area (Å²) < 4.78 is 5.38. The van der Waals surface area contributed by atoms with Gasteiger partial charge in [0.15, 0.2) is 0 Å². The van der Waals surface area contributed by atoms with Crippen LogP contribution in [0.15, 0.2) is 40.8 Å². The zero-order chi connectivity index (χ0) is 20.1. The van der Waals surface area contributed by atoms with Crippen molar-refractivity contribution in [1.29, 1.82) is 0 Å². The van der Waals surface area contributed by atoms with Crippen molar-refractivity contribution in [3.63, 3.8) is 0 Å². The van der Waals surface area contributed by atoms with Crippen LogP contribution in [-0.2, 0) is 4.74 Å². The number of H-pyrrole nitrogens is 1. The van der Waals surface area contributed by atoms with E-state index in [9.17, 15) is 9.59 Å². The fourth-order valence-electron chi connectivity index (χ4n) is 2.77. The van der Waals surface area contributed by atoms with E-state index < -0.39 is 5.97 Å². The van der Waals surface area contributed by atoms with Crippen LogP contribution in [0.3, 0.4) is 0 Å². The second-order valence-corrected chi connectivity index (χ2v) is 7.62. The van der Waals surface area contributed by atoms with E-state index >= 15 is 0 Å². The third-order valence-corrected chi connectivity index (χ3v) is 5.20. The molecule has 3 heterocycles. The molecule has 3 rings (SSSR count). The summed E-state index contributed by atoms with van der Waals surface area (Å²) in [6, 6.07) is 5.34. The van der Waals surface area contributed by atoms with Crippen LogP contribution < -0.4 is 5.56 Å². The van der Waals surface area contributed by atoms with E-state index in [0.717, 1.165) is 23.4 Å². The molecule has 0 aliphatic rings. The minimum absolute atomic E-state index is 0.0155. The van der Waals surface area contributed by atoms with Crippen LogP contribution in [0.1, 0.15) is 55.6 Å². The van der Waals surface area contributed by atoms with Gasteiger partial charge < -0.3 is 9.72 Å². The van der Waals surface area contributed by atoms with Crippen LogP contribution in [0.4, 0.5) is 0 Å². The van der Waals surface area contributed by atoms with Gasteiger partial charge in [-0.05, 0) is 30.5 Å². The van der Waals surface area contributed by atoms with Crippen molar-refractivity contribution in [2.45, 2.75) is 39.5 Å². The Morgan fingerprint density at radius 3 is 2.71 bits per heavy atom. The molecule has 0 amide bonds. The van der Waals surface area contributed by atoms with Gasteiger partial charge in [-0.1, -0.05) is 27.2 Å². The minimum Gasteiger partial charge on any atom is -0.462 e. The summed E-state index contributed by atoms with van der Waals surface area (Å²) >= 11 is 1.44. The van der Waals surface area contributed by atoms with Crippen molar-refractivity contribution in [2.75, 3.05) is 6.61 Å². The molecule has 0 bridgehead atoms. The first kappa shape index (κ1) is 19.9. The number of nitrogens with one attached hydrogen (secondary N) is 1. The molecule has 0 unspecified atom stereocenters. The van der Waals surface area contributed by atoms with Gasteiger partial charge in [-0.3, -0.25) is 9.78 Å². The van der Waals surface area contributed by atoms with Gasteiger partial charge in [0.2, 0.25) is 0 Å². The second-order valence-electron chi connectivity index (χ2n) is 6.76. The summed E-state index contributed by atoms with van der Waals surface area (Å²) in [7, 11) is 0. The third kappa shape index (κ3) is 4.36. The smallest absolute Gasteiger partial charge is 0.339 e. The highest BCUT2D eigenvalue weighted by Crippen LogP contribution is 2.28. The summed E-state index contributed by atoms with van der Waals surface area (Å²) in [6.45, 7) is 6.26. The Labute approximate surface area is 167 Å². The Balaban J connectivity index is 2.00. The molecule has 3 aromatic rings. The van der Waals surface area contributed by atoms with Crippen LogP contribution in [0.5, 0.6) is 0 Å². The fourth-order valence-corrected chi connectivity index (χ4v) is 3.60. The first-order chi connectivity index (χ1) is 13.5. The SMILES string of the molecule is CCCCOC(=O)c1cc(-c2csc(-c3ccncc3)n2)c(=O)[nH]c1C(C)C. The number of carbonyl (C=O) groups is 1. The number of unbranched alkanes of at least 4 members (excludes halogenated alkanes) is 1. The average Bonchev–Trinajstić information content (AvgIpc) is 3.18. The molecule has 146 valence electrons. The Kier molecular flexibility index (Phi) is 6.36. The maximum atomic E-state index is 12.7. The monoisotopic (exact) mass is 397 g/mol. The normalized spacial score (nSPS) is 11.0. The summed E-state index contributed by atoms with van der Waals surface area (Å²) in [5.74, 6) is -0.433. The van der Waals surface area contributed by atoms with Crippen LogP contribution in [-0.4, -0.2) is 27.5 Å². The van der Waals surface area contributed by atoms with Gasteiger partial charge in [0.1, 0.15) is 5.01 Å². The molecule has 28 heavy (non-hydrogen) atoms. The molecule has 6 nitrogen and oxygen atoms in total. The number of aromatic nitrogens is 3. The van der Waals surface area contributed by atoms with E-state index in [2.05, 4.69) is 15.0 Å². The van der Waals surface area contributed by atoms with Gasteiger partial charge in [0.25, 0.3) is 5.56 Å². The lowest BCUT2D eigenvalue weighted by Gasteiger charge is -2.13. The lowest BCUT2D eigenvalue weighted by molar-refractivity contribution is 0.0497. The molecule has 3 aromatic heterocycles. The quantitative estimate of drug-likeness (QED) is 0.464. The molecule has 0 saturated carbocycles. The highest BCUT2D eigenvalue weighted by atomic mass is 32.1. The maximum absolute atomic E-state index is 12.7. The molecular formula is C21H23N3O3S. The van der Waals surface area contributed by atoms with Crippen molar-refractivity contribution in [3.05, 3.63) is 57.6 Å². The molecular weight excluding hydrogens is 374 g/mol. The molecule has 0 saturated heterocycles. The van der Waals surface area contributed by atoms with Gasteiger partial charge >= 0.3 is 5.97 Å². The predicted molar refractivity (Wildman–Crippen MR) is 111 cm³/mol. The Hall–Kier alpha value is -2.80. The highest BCUT2D eigenvalue weighted by Gasteiger charge is 2.20. The Morgan fingerprint density at radius 1 is 1.29 bits per heavy atom. The summed E-state index contributed by atoms with van der Waals surface area (Å²) in [6.07, 6.45) is 5.15. The topological polar surface area (TPSA) is 84.9 Å². The largest absolute Gasteiger partial charge is 0.462 e. The molecule has 1 N–H and O–H groups in total. The average molecular weight is 398 g/mol. The third-order valence-electron chi connectivity index (χ3n) is 4.31. The van der Waals surface area contributed by atoms with Gasteiger partial charge in [0.05, 0.1) is 23.4 Å². The van der Waals surface area contributed by atoms with Gasteiger partial charge in [0, 0.05) is 29.0 Å². The predicted octanol–water partition coefficient (Wildman–Crippen LogP) is 4.64. The van der Waals surface area contributed by atoms with Gasteiger partial charge in [-0.15, -0.1) is 11.3 Å². The lowest BCUT2D eigenvalue weighted by Crippen LogP contribution is -2.19. The van der Waals surface area contributed by atoms with E-state index in [4.69, 9.17) is 4.74 Å². The molecule has 0 fully saturated rings. The van der Waals surface area contributed by atoms with Gasteiger partial charge in [-0.25, -0.2) is 9.78 Å². The Bertz CT molecular complexity index is 1010. The fraction of sp³-hybridized carbons (Fsp3) is 0.333. The first-order valence-corrected chi connectivity index (χ1v) is 10.2. The highest BCUT2D eigenvalue weighted by molar-refractivity contribution is 7.13. The van der Waals surface area contributed by atoms with Gasteiger partial charge in [-0.2, -0.15) is 0 Å². The second kappa shape index (κ2) is 8.93. The number of aromatic amines is 1. The van der Waals surface area contributed by atoms with Crippen LogP contribution in [0.25, 0.3) is 21.8 Å². The van der Waals surface area contributed by atoms with Crippen molar-refractivity contribution in [3.8, 4) is 21.8 Å². The number of esters is 1. The van der Waals surface area contributed by atoms with Crippen molar-refractivity contribution >= 4 is 17.3 Å². The molecule has 0 radical (unpaired) electrons. The molecule has 0 aliphatic heterocycles. The number of nitrogens with zero attached hydrogens (tertiary/aromatic N) is 2. The summed E-state index contributed by atoms with van der Waals surface area (Å²) in [4.78, 5) is 36.7. The standard InChI is InChI=1S/C21H23N3O3S/c1-4-5-10-27-21(26)16-11-15(19(25)24-18(16)13(2)3)17-12-28-20(23-17)14-6-8-22-9-7-14/h6-9,11-13H,4-5,10H2,1-3H3,(H,24,25). The molecule has 0 aliphatic carbocycles. The van der Waals surface area contributed by atoms with E-state index in [1.807, 2.05) is 38.3 Å². The number of rotatable bonds is 7. The molecule has 0 atom stereocenters. The van der Waals surface area contributed by atoms with Crippen LogP contribution in [0.2, 0.25) is 0 Å². The van der Waals surface area contributed by atoms with E-state index in [1.54, 1.807) is 18.5 Å². The minimum atomic E-state index is -0.417. The van der Waals surface area contributed by atoms with E-state index in [-0.39, 0.29) is 11.5 Å². The number of hydrogen-bond acceptors (Lipinski definition) is 6. The Morgan fingerprint density at radius 2 is 2.04 bits per heavy atom. The summed E-state index contributed by atoms with van der Waals surface area (Å²) in [5, 5.41) is 2.61. The van der Waals surface area contributed by atoms with E-state index in [1.165, 1.54) is 11.3 Å². The van der Waals surface area contributed by atoms with Crippen molar-refractivity contribution < 1.29 is 9.53 Å². The van der Waals surface area contributed by atoms with E-state index in [0.29, 0.717) is 29.1 Å². The number of ether oxygens (including phenoxy) is 1. The lowest BCUT2D eigenvalue weighted by atomic mass is 10.0. The summed E-state index contributed by atoms with van der Waals surface area (Å²) in [5.41, 5.74) is 2.54. The molecule has 0 aromatic carbocycles. The first-order valence-electron chi connectivity index (χ1n) is 9.32. The van der Waals surface area contributed by atoms with Crippen molar-refractivity contribution in [2.24, 2.45) is 0 Å². The zero-order valence-electron chi connectivity index (χ0n) is 16.2. The number of carbonyl (C=O) groups excluding carboxylic acids is 1. The van der Waals surface area contributed by atoms with Crippen LogP contribution in [0, 0.1) is 0 Å². The number of thiazole rings is 1. The maximum Gasteiger partial charge on any atom is 0.339 e. The van der Waals surface area contributed by atoms with Crippen molar-refractivity contribution in [1.82, 2.24) is 15.0 Å². The zero-order valence-corrected chi connectivity index (χ0v) is 17.0.